The Labute approximate surface area is 150 Å². The van der Waals surface area contributed by atoms with Crippen LogP contribution < -0.4 is 5.32 Å². The molecule has 0 radical (unpaired) electrons. The molecule has 0 aliphatic heterocycles. The lowest BCUT2D eigenvalue weighted by molar-refractivity contribution is -0.143. The van der Waals surface area contributed by atoms with Gasteiger partial charge in [0.25, 0.3) is 0 Å². The quantitative estimate of drug-likeness (QED) is 0.551. The summed E-state index contributed by atoms with van der Waals surface area (Å²) in [4.78, 5) is 11.7. The number of nitrogens with zero attached hydrogens (tertiary/aromatic N) is 2. The molecule has 0 saturated carbocycles. The van der Waals surface area contributed by atoms with Crippen molar-refractivity contribution in [1.29, 1.82) is 0 Å². The van der Waals surface area contributed by atoms with Gasteiger partial charge in [-0.15, -0.1) is 0 Å². The molecule has 0 saturated heterocycles. The molecule has 142 valence electrons. The molecule has 12 heteroatoms. The Morgan fingerprint density at radius 1 is 1.15 bits per heavy atom. The van der Waals surface area contributed by atoms with E-state index in [0.717, 1.165) is 0 Å². The molecule has 0 aliphatic rings. The smallest absolute Gasteiger partial charge is 0.321 e. The number of rotatable bonds is 4. The minimum absolute atomic E-state index is 0.0435. The van der Waals surface area contributed by atoms with Crippen LogP contribution in [0.1, 0.15) is 17.7 Å². The van der Waals surface area contributed by atoms with Gasteiger partial charge in [0.15, 0.2) is 23.3 Å². The first-order chi connectivity index (χ1) is 11.9. The van der Waals surface area contributed by atoms with Crippen molar-refractivity contribution in [2.24, 2.45) is 0 Å². The third-order valence-corrected chi connectivity index (χ3v) is 4.18. The molecule has 0 unspecified atom stereocenters. The van der Waals surface area contributed by atoms with Crippen LogP contribution >= 0.6 is 15.9 Å². The number of nitrogens with one attached hydrogen (secondary N) is 1. The van der Waals surface area contributed by atoms with Crippen molar-refractivity contribution in [3.05, 3.63) is 45.2 Å². The van der Waals surface area contributed by atoms with Crippen LogP contribution in [0.15, 0.2) is 10.7 Å². The van der Waals surface area contributed by atoms with Crippen LogP contribution in [0.2, 0.25) is 0 Å². The number of hydrogen-bond donors (Lipinski definition) is 1. The molecule has 0 atom stereocenters. The van der Waals surface area contributed by atoms with Gasteiger partial charge in [-0.25, -0.2) is 17.6 Å². The SMILES string of the molecule is Cc1c(Br)cnn1CCC(=O)Nc1c(F)c(F)c(C(F)(F)F)c(F)c1F. The lowest BCUT2D eigenvalue weighted by Crippen LogP contribution is -2.21. The molecule has 1 aromatic heterocycles. The van der Waals surface area contributed by atoms with E-state index in [0.29, 0.717) is 10.2 Å². The number of aromatic nitrogens is 2. The minimum Gasteiger partial charge on any atom is -0.321 e. The first kappa shape index (κ1) is 20.2. The second-order valence-electron chi connectivity index (χ2n) is 5.10. The van der Waals surface area contributed by atoms with Crippen LogP contribution in [0.25, 0.3) is 0 Å². The fourth-order valence-electron chi connectivity index (χ4n) is 2.05. The zero-order valence-electron chi connectivity index (χ0n) is 12.8. The van der Waals surface area contributed by atoms with Gasteiger partial charge in [-0.05, 0) is 22.9 Å². The first-order valence-corrected chi connectivity index (χ1v) is 7.65. The molecule has 1 amide bonds. The highest BCUT2D eigenvalue weighted by atomic mass is 79.9. The van der Waals surface area contributed by atoms with Crippen molar-refractivity contribution in [1.82, 2.24) is 9.78 Å². The molecule has 2 aromatic rings. The van der Waals surface area contributed by atoms with Gasteiger partial charge in [-0.2, -0.15) is 18.3 Å². The van der Waals surface area contributed by atoms with Crippen molar-refractivity contribution in [3.63, 3.8) is 0 Å². The van der Waals surface area contributed by atoms with E-state index in [9.17, 15) is 35.5 Å². The zero-order chi connectivity index (χ0) is 19.8. The van der Waals surface area contributed by atoms with E-state index in [1.165, 1.54) is 10.9 Å². The highest BCUT2D eigenvalue weighted by molar-refractivity contribution is 9.10. The number of carbonyl (C=O) groups is 1. The monoisotopic (exact) mass is 447 g/mol. The van der Waals surface area contributed by atoms with E-state index in [-0.39, 0.29) is 6.54 Å². The molecular weight excluding hydrogens is 439 g/mol. The predicted molar refractivity (Wildman–Crippen MR) is 79.2 cm³/mol. The molecule has 0 bridgehead atoms. The van der Waals surface area contributed by atoms with Crippen LogP contribution in [-0.4, -0.2) is 15.7 Å². The van der Waals surface area contributed by atoms with Crippen molar-refractivity contribution in [3.8, 4) is 0 Å². The van der Waals surface area contributed by atoms with Crippen LogP contribution in [0.3, 0.4) is 0 Å². The number of alkyl halides is 3. The molecule has 1 aromatic carbocycles. The molecular formula is C14H9BrF7N3O. The van der Waals surface area contributed by atoms with Crippen LogP contribution in [0.5, 0.6) is 0 Å². The average Bonchev–Trinajstić information content (AvgIpc) is 2.85. The second-order valence-corrected chi connectivity index (χ2v) is 5.96. The van der Waals surface area contributed by atoms with Gasteiger partial charge in [-0.1, -0.05) is 0 Å². The molecule has 0 spiro atoms. The summed E-state index contributed by atoms with van der Waals surface area (Å²) in [5, 5.41) is 5.44. The molecule has 0 fully saturated rings. The van der Waals surface area contributed by atoms with Gasteiger partial charge in [0.1, 0.15) is 11.3 Å². The molecule has 4 nitrogen and oxygen atoms in total. The Kier molecular flexibility index (Phi) is 5.64. The van der Waals surface area contributed by atoms with Gasteiger partial charge >= 0.3 is 6.18 Å². The van der Waals surface area contributed by atoms with Crippen LogP contribution in [-0.2, 0) is 17.5 Å². The number of halogens is 8. The molecule has 2 rings (SSSR count). The Morgan fingerprint density at radius 3 is 2.12 bits per heavy atom. The Morgan fingerprint density at radius 2 is 1.69 bits per heavy atom. The van der Waals surface area contributed by atoms with Gasteiger partial charge in [0.2, 0.25) is 5.91 Å². The Bertz CT molecular complexity index is 834. The fourth-order valence-corrected chi connectivity index (χ4v) is 2.35. The van der Waals surface area contributed by atoms with Crippen LogP contribution in [0, 0.1) is 30.2 Å². The van der Waals surface area contributed by atoms with Crippen molar-refractivity contribution < 1.29 is 35.5 Å². The molecule has 1 N–H and O–H groups in total. The third-order valence-electron chi connectivity index (χ3n) is 3.41. The van der Waals surface area contributed by atoms with E-state index < -0.39 is 53.0 Å². The maximum Gasteiger partial charge on any atom is 0.422 e. The highest BCUT2D eigenvalue weighted by Gasteiger charge is 2.42. The molecule has 0 aliphatic carbocycles. The van der Waals surface area contributed by atoms with Crippen molar-refractivity contribution in [2.75, 3.05) is 5.32 Å². The van der Waals surface area contributed by atoms with Gasteiger partial charge in [0, 0.05) is 12.1 Å². The normalized spacial score (nSPS) is 11.7. The Hall–Kier alpha value is -2.11. The highest BCUT2D eigenvalue weighted by Crippen LogP contribution is 2.38. The summed E-state index contributed by atoms with van der Waals surface area (Å²) >= 11 is 3.18. The number of benzene rings is 1. The maximum absolute atomic E-state index is 13.7. The van der Waals surface area contributed by atoms with E-state index in [1.54, 1.807) is 12.2 Å². The van der Waals surface area contributed by atoms with Crippen molar-refractivity contribution >= 4 is 27.5 Å². The lowest BCUT2D eigenvalue weighted by Gasteiger charge is -2.14. The second kappa shape index (κ2) is 7.25. The summed E-state index contributed by atoms with van der Waals surface area (Å²) < 4.78 is 93.9. The third kappa shape index (κ3) is 3.84. The van der Waals surface area contributed by atoms with E-state index >= 15 is 0 Å². The number of anilines is 1. The first-order valence-electron chi connectivity index (χ1n) is 6.86. The average molecular weight is 448 g/mol. The summed E-state index contributed by atoms with van der Waals surface area (Å²) in [6.45, 7) is 1.62. The summed E-state index contributed by atoms with van der Waals surface area (Å²) in [6, 6.07) is 0. The standard InChI is InChI=1S/C14H9BrF7N3O/c1-5-6(15)4-23-25(5)3-2-7(26)24-13-11(18)9(16)8(14(20,21)22)10(17)12(13)19/h4H,2-3H2,1H3,(H,24,26). The summed E-state index contributed by atoms with van der Waals surface area (Å²) in [6.07, 6.45) is -4.62. The number of aryl methyl sites for hydroxylation is 1. The van der Waals surface area contributed by atoms with Gasteiger partial charge in [-0.3, -0.25) is 9.48 Å². The number of amides is 1. The maximum atomic E-state index is 13.7. The summed E-state index contributed by atoms with van der Waals surface area (Å²) in [5.41, 5.74) is -3.69. The topological polar surface area (TPSA) is 46.9 Å². The number of hydrogen-bond acceptors (Lipinski definition) is 2. The predicted octanol–water partition coefficient (Wildman–Crippen LogP) is 4.56. The summed E-state index contributed by atoms with van der Waals surface area (Å²) in [7, 11) is 0. The van der Waals surface area contributed by atoms with E-state index in [2.05, 4.69) is 21.0 Å². The number of carbonyl (C=O) groups excluding carboxylic acids is 1. The zero-order valence-corrected chi connectivity index (χ0v) is 14.4. The van der Waals surface area contributed by atoms with Crippen LogP contribution in [0.4, 0.5) is 36.4 Å². The molecule has 1 heterocycles. The summed E-state index contributed by atoms with van der Waals surface area (Å²) in [5.74, 6) is -11.0. The minimum atomic E-state index is -5.65. The fraction of sp³-hybridized carbons (Fsp3) is 0.286. The van der Waals surface area contributed by atoms with Gasteiger partial charge in [0.05, 0.1) is 17.2 Å². The largest absolute Gasteiger partial charge is 0.422 e. The van der Waals surface area contributed by atoms with E-state index in [1.807, 2.05) is 0 Å². The lowest BCUT2D eigenvalue weighted by atomic mass is 10.1. The van der Waals surface area contributed by atoms with Gasteiger partial charge < -0.3 is 5.32 Å². The Balaban J connectivity index is 2.24. The van der Waals surface area contributed by atoms with E-state index in [4.69, 9.17) is 0 Å². The van der Waals surface area contributed by atoms with Crippen molar-refractivity contribution in [2.45, 2.75) is 26.1 Å². The molecule has 26 heavy (non-hydrogen) atoms.